The van der Waals surface area contributed by atoms with Crippen molar-refractivity contribution in [3.8, 4) is 0 Å². The van der Waals surface area contributed by atoms with E-state index in [1.807, 2.05) is 0 Å². The van der Waals surface area contributed by atoms with Crippen LogP contribution in [0.15, 0.2) is 24.3 Å². The second kappa shape index (κ2) is 7.01. The number of halogens is 1. The van der Waals surface area contributed by atoms with Gasteiger partial charge in [-0.2, -0.15) is 0 Å². The van der Waals surface area contributed by atoms with Crippen LogP contribution < -0.4 is 0 Å². The van der Waals surface area contributed by atoms with Gasteiger partial charge in [0.1, 0.15) is 0 Å². The first-order valence-corrected chi connectivity index (χ1v) is 2.43. The molecule has 0 saturated carbocycles. The van der Waals surface area contributed by atoms with E-state index in [1.165, 1.54) is 0 Å². The number of carbonyl (C=O) groups is 2. The van der Waals surface area contributed by atoms with Crippen LogP contribution in [-0.2, 0) is 9.59 Å². The first-order valence-electron chi connectivity index (χ1n) is 2.43. The molecular weight excluding hydrogens is 216 g/mol. The Morgan fingerprint density at radius 3 is 1.36 bits per heavy atom. The van der Waals surface area contributed by atoms with Crippen LogP contribution in [-0.4, -0.2) is 22.2 Å². The van der Waals surface area contributed by atoms with Gasteiger partial charge < -0.3 is 10.2 Å². The molecular formula is C6H7BrO4. The summed E-state index contributed by atoms with van der Waals surface area (Å²) in [5.74, 6) is -2.20. The minimum Gasteiger partial charge on any atom is -0.478 e. The van der Waals surface area contributed by atoms with Gasteiger partial charge in [0, 0.05) is 12.2 Å². The van der Waals surface area contributed by atoms with Crippen molar-refractivity contribution in [2.75, 3.05) is 0 Å². The molecule has 11 heavy (non-hydrogen) atoms. The molecule has 0 aliphatic heterocycles. The van der Waals surface area contributed by atoms with Gasteiger partial charge >= 0.3 is 11.9 Å². The lowest BCUT2D eigenvalue weighted by atomic mass is 10.4. The molecule has 0 saturated heterocycles. The molecule has 5 heteroatoms. The van der Waals surface area contributed by atoms with Gasteiger partial charge in [0.25, 0.3) is 0 Å². The average molecular weight is 223 g/mol. The Hall–Kier alpha value is -1.10. The highest BCUT2D eigenvalue weighted by Gasteiger charge is 1.83. The van der Waals surface area contributed by atoms with Crippen LogP contribution >= 0.6 is 17.0 Å². The van der Waals surface area contributed by atoms with Crippen LogP contribution in [0.5, 0.6) is 0 Å². The minimum atomic E-state index is -1.10. The molecule has 0 aliphatic rings. The van der Waals surface area contributed by atoms with E-state index < -0.39 is 11.9 Å². The normalized spacial score (nSPS) is 9.82. The lowest BCUT2D eigenvalue weighted by molar-refractivity contribution is -0.132. The number of hydrogen-bond acceptors (Lipinski definition) is 2. The molecule has 2 N–H and O–H groups in total. The second-order valence-electron chi connectivity index (χ2n) is 1.39. The van der Waals surface area contributed by atoms with E-state index in [0.29, 0.717) is 0 Å². The Morgan fingerprint density at radius 1 is 0.909 bits per heavy atom. The fraction of sp³-hybridized carbons (Fsp3) is 0. The van der Waals surface area contributed by atoms with Crippen LogP contribution in [0, 0.1) is 0 Å². The highest BCUT2D eigenvalue weighted by atomic mass is 79.9. The van der Waals surface area contributed by atoms with E-state index >= 15 is 0 Å². The molecule has 0 aromatic heterocycles. The van der Waals surface area contributed by atoms with Crippen molar-refractivity contribution < 1.29 is 19.8 Å². The Labute approximate surface area is 73.6 Å². The van der Waals surface area contributed by atoms with Gasteiger partial charge in [-0.1, -0.05) is 12.2 Å². The van der Waals surface area contributed by atoms with Gasteiger partial charge in [0.15, 0.2) is 0 Å². The first kappa shape index (κ1) is 12.6. The van der Waals surface area contributed by atoms with Gasteiger partial charge in [0.2, 0.25) is 0 Å². The molecule has 0 spiro atoms. The van der Waals surface area contributed by atoms with E-state index in [4.69, 9.17) is 10.2 Å². The number of aliphatic carboxylic acids is 2. The first-order chi connectivity index (χ1) is 4.63. The lowest BCUT2D eigenvalue weighted by Crippen LogP contribution is -1.86. The number of carboxylic acid groups (broad SMARTS) is 2. The van der Waals surface area contributed by atoms with Gasteiger partial charge in [0.05, 0.1) is 0 Å². The van der Waals surface area contributed by atoms with Crippen molar-refractivity contribution in [1.29, 1.82) is 0 Å². The van der Waals surface area contributed by atoms with Crippen LogP contribution in [0.2, 0.25) is 0 Å². The predicted octanol–water partition coefficient (Wildman–Crippen LogP) is 0.846. The molecule has 0 rings (SSSR count). The van der Waals surface area contributed by atoms with E-state index in [1.54, 1.807) is 0 Å². The van der Waals surface area contributed by atoms with Crippen molar-refractivity contribution in [3.63, 3.8) is 0 Å². The summed E-state index contributed by atoms with van der Waals surface area (Å²) in [5, 5.41) is 16.0. The molecule has 0 aromatic rings. The monoisotopic (exact) mass is 222 g/mol. The van der Waals surface area contributed by atoms with Crippen molar-refractivity contribution in [1.82, 2.24) is 0 Å². The third-order valence-electron chi connectivity index (χ3n) is 0.589. The summed E-state index contributed by atoms with van der Waals surface area (Å²) >= 11 is 0. The highest BCUT2D eigenvalue weighted by molar-refractivity contribution is 8.93. The summed E-state index contributed by atoms with van der Waals surface area (Å²) in [6.07, 6.45) is 3.96. The SMILES string of the molecule is Br.O=C(O)/C=C/C=C/C(=O)O. The predicted molar refractivity (Wildman–Crippen MR) is 43.9 cm³/mol. The van der Waals surface area contributed by atoms with Gasteiger partial charge in [-0.25, -0.2) is 9.59 Å². The summed E-state index contributed by atoms with van der Waals surface area (Å²) < 4.78 is 0. The molecule has 0 amide bonds. The highest BCUT2D eigenvalue weighted by Crippen LogP contribution is 1.76. The Balaban J connectivity index is 0. The summed E-state index contributed by atoms with van der Waals surface area (Å²) in [4.78, 5) is 19.6. The van der Waals surface area contributed by atoms with E-state index in [9.17, 15) is 9.59 Å². The molecule has 0 aromatic carbocycles. The molecule has 0 radical (unpaired) electrons. The maximum atomic E-state index is 9.78. The second-order valence-corrected chi connectivity index (χ2v) is 1.39. The minimum absolute atomic E-state index is 0. The largest absolute Gasteiger partial charge is 0.478 e. The number of rotatable bonds is 3. The zero-order valence-electron chi connectivity index (χ0n) is 5.43. The smallest absolute Gasteiger partial charge is 0.328 e. The summed E-state index contributed by atoms with van der Waals surface area (Å²) in [6, 6.07) is 0. The average Bonchev–Trinajstić information content (AvgIpc) is 1.79. The Kier molecular flexibility index (Phi) is 8.01. The molecule has 0 fully saturated rings. The molecule has 0 aliphatic carbocycles. The molecule has 0 atom stereocenters. The molecule has 4 nitrogen and oxygen atoms in total. The van der Waals surface area contributed by atoms with Crippen LogP contribution in [0.1, 0.15) is 0 Å². The maximum Gasteiger partial charge on any atom is 0.328 e. The lowest BCUT2D eigenvalue weighted by Gasteiger charge is -1.75. The van der Waals surface area contributed by atoms with Crippen LogP contribution in [0.25, 0.3) is 0 Å². The van der Waals surface area contributed by atoms with Crippen LogP contribution in [0.3, 0.4) is 0 Å². The molecule has 0 bridgehead atoms. The van der Waals surface area contributed by atoms with Crippen LogP contribution in [0.4, 0.5) is 0 Å². The third kappa shape index (κ3) is 12.2. The van der Waals surface area contributed by atoms with Crippen molar-refractivity contribution in [2.24, 2.45) is 0 Å². The van der Waals surface area contributed by atoms with Gasteiger partial charge in [-0.3, -0.25) is 0 Å². The molecule has 62 valence electrons. The number of allylic oxidation sites excluding steroid dienone is 2. The molecule has 0 heterocycles. The quantitative estimate of drug-likeness (QED) is 0.549. The Morgan fingerprint density at radius 2 is 1.18 bits per heavy atom. The third-order valence-corrected chi connectivity index (χ3v) is 0.589. The fourth-order valence-electron chi connectivity index (χ4n) is 0.276. The summed E-state index contributed by atoms with van der Waals surface area (Å²) in [7, 11) is 0. The van der Waals surface area contributed by atoms with Crippen molar-refractivity contribution in [2.45, 2.75) is 0 Å². The van der Waals surface area contributed by atoms with E-state index in [2.05, 4.69) is 0 Å². The zero-order chi connectivity index (χ0) is 7.98. The van der Waals surface area contributed by atoms with E-state index in [0.717, 1.165) is 24.3 Å². The maximum absolute atomic E-state index is 9.78. The molecule has 0 unspecified atom stereocenters. The van der Waals surface area contributed by atoms with Crippen molar-refractivity contribution >= 4 is 28.9 Å². The summed E-state index contributed by atoms with van der Waals surface area (Å²) in [6.45, 7) is 0. The zero-order valence-corrected chi connectivity index (χ0v) is 7.14. The fourth-order valence-corrected chi connectivity index (χ4v) is 0.276. The van der Waals surface area contributed by atoms with Crippen molar-refractivity contribution in [3.05, 3.63) is 24.3 Å². The topological polar surface area (TPSA) is 74.6 Å². The van der Waals surface area contributed by atoms with Gasteiger partial charge in [-0.05, 0) is 0 Å². The number of carboxylic acids is 2. The number of hydrogen-bond donors (Lipinski definition) is 2. The Bertz CT molecular complexity index is 173. The summed E-state index contributed by atoms with van der Waals surface area (Å²) in [5.41, 5.74) is 0. The van der Waals surface area contributed by atoms with E-state index in [-0.39, 0.29) is 17.0 Å². The van der Waals surface area contributed by atoms with Gasteiger partial charge in [-0.15, -0.1) is 17.0 Å². The standard InChI is InChI=1S/C6H6O4.BrH/c7-5(8)3-1-2-4-6(9)10;/h1-4H,(H,7,8)(H,9,10);1H/b3-1+,4-2+;.